The molecule has 0 atom stereocenters. The third kappa shape index (κ3) is 3.76. The highest BCUT2D eigenvalue weighted by Gasteiger charge is 2.15. The smallest absolute Gasteiger partial charge is 0.255 e. The van der Waals surface area contributed by atoms with E-state index in [1.807, 2.05) is 37.3 Å². The van der Waals surface area contributed by atoms with Gasteiger partial charge in [0, 0.05) is 11.3 Å². The zero-order valence-electron chi connectivity index (χ0n) is 11.9. The van der Waals surface area contributed by atoms with Crippen LogP contribution in [0.1, 0.15) is 17.3 Å². The second-order valence-electron chi connectivity index (χ2n) is 4.24. The molecule has 2 aromatic carbocycles. The zero-order chi connectivity index (χ0) is 15.2. The van der Waals surface area contributed by atoms with Gasteiger partial charge in [0.2, 0.25) is 0 Å². The Morgan fingerprint density at radius 2 is 1.95 bits per heavy atom. The monoisotopic (exact) mass is 349 g/mol. The van der Waals surface area contributed by atoms with Crippen molar-refractivity contribution in [1.29, 1.82) is 0 Å². The van der Waals surface area contributed by atoms with E-state index >= 15 is 0 Å². The van der Waals surface area contributed by atoms with E-state index in [9.17, 15) is 4.79 Å². The lowest BCUT2D eigenvalue weighted by Gasteiger charge is -2.13. The van der Waals surface area contributed by atoms with Crippen molar-refractivity contribution in [3.8, 4) is 11.5 Å². The van der Waals surface area contributed by atoms with E-state index in [2.05, 4.69) is 21.2 Å². The molecule has 0 aliphatic rings. The van der Waals surface area contributed by atoms with Crippen LogP contribution in [0.15, 0.2) is 46.9 Å². The van der Waals surface area contributed by atoms with E-state index in [-0.39, 0.29) is 5.91 Å². The molecular weight excluding hydrogens is 334 g/mol. The number of hydrogen-bond acceptors (Lipinski definition) is 3. The van der Waals surface area contributed by atoms with E-state index in [1.165, 1.54) is 0 Å². The topological polar surface area (TPSA) is 47.6 Å². The van der Waals surface area contributed by atoms with Crippen LogP contribution in [-0.2, 0) is 0 Å². The Bertz CT molecular complexity index is 629. The third-order valence-corrected chi connectivity index (χ3v) is 3.40. The van der Waals surface area contributed by atoms with Gasteiger partial charge in [-0.25, -0.2) is 0 Å². The number of halogens is 1. The number of anilines is 1. The minimum absolute atomic E-state index is 0.203. The summed E-state index contributed by atoms with van der Waals surface area (Å²) in [6, 6.07) is 12.7. The minimum Gasteiger partial charge on any atom is -0.492 e. The van der Waals surface area contributed by atoms with Gasteiger partial charge < -0.3 is 14.8 Å². The van der Waals surface area contributed by atoms with Gasteiger partial charge in [-0.05, 0) is 47.1 Å². The standard InChI is InChI=1S/C16H16BrNO3/c1-3-21-14-10-11(9-13(17)15(14)20-2)16(19)18-12-7-5-4-6-8-12/h4-10H,3H2,1-2H3,(H,18,19). The first-order chi connectivity index (χ1) is 10.2. The maximum atomic E-state index is 12.3. The summed E-state index contributed by atoms with van der Waals surface area (Å²) in [5, 5.41) is 2.84. The van der Waals surface area contributed by atoms with Crippen molar-refractivity contribution in [2.75, 3.05) is 19.0 Å². The molecule has 0 aliphatic carbocycles. The van der Waals surface area contributed by atoms with E-state index in [4.69, 9.17) is 9.47 Å². The lowest BCUT2D eigenvalue weighted by atomic mass is 10.2. The van der Waals surface area contributed by atoms with Crippen molar-refractivity contribution >= 4 is 27.5 Å². The molecule has 110 valence electrons. The number of carbonyl (C=O) groups excluding carboxylic acids is 1. The normalized spacial score (nSPS) is 10.0. The molecule has 2 aromatic rings. The molecule has 1 N–H and O–H groups in total. The van der Waals surface area contributed by atoms with Crippen molar-refractivity contribution in [3.63, 3.8) is 0 Å². The van der Waals surface area contributed by atoms with Crippen molar-refractivity contribution in [3.05, 3.63) is 52.5 Å². The van der Waals surface area contributed by atoms with E-state index in [0.717, 1.165) is 5.69 Å². The summed E-state index contributed by atoms with van der Waals surface area (Å²) in [5.41, 5.74) is 1.24. The summed E-state index contributed by atoms with van der Waals surface area (Å²) < 4.78 is 11.5. The lowest BCUT2D eigenvalue weighted by Crippen LogP contribution is -2.12. The Morgan fingerprint density at radius 3 is 2.57 bits per heavy atom. The predicted molar refractivity (Wildman–Crippen MR) is 86.3 cm³/mol. The molecule has 2 rings (SSSR count). The molecule has 0 aromatic heterocycles. The summed E-state index contributed by atoms with van der Waals surface area (Å²) in [5.74, 6) is 0.909. The fraction of sp³-hybridized carbons (Fsp3) is 0.188. The number of hydrogen-bond donors (Lipinski definition) is 1. The van der Waals surface area contributed by atoms with Crippen LogP contribution in [0.5, 0.6) is 11.5 Å². The summed E-state index contributed by atoms with van der Waals surface area (Å²) in [6.45, 7) is 2.37. The zero-order valence-corrected chi connectivity index (χ0v) is 13.4. The van der Waals surface area contributed by atoms with Crippen LogP contribution in [-0.4, -0.2) is 19.6 Å². The number of methoxy groups -OCH3 is 1. The Hall–Kier alpha value is -2.01. The SMILES string of the molecule is CCOc1cc(C(=O)Nc2ccccc2)cc(Br)c1OC. The average Bonchev–Trinajstić information content (AvgIpc) is 2.48. The van der Waals surface area contributed by atoms with Crippen molar-refractivity contribution in [2.45, 2.75) is 6.92 Å². The Balaban J connectivity index is 2.29. The second kappa shape index (κ2) is 7.13. The average molecular weight is 350 g/mol. The first-order valence-electron chi connectivity index (χ1n) is 6.52. The highest BCUT2D eigenvalue weighted by Crippen LogP contribution is 2.36. The second-order valence-corrected chi connectivity index (χ2v) is 5.10. The van der Waals surface area contributed by atoms with Crippen LogP contribution in [0.2, 0.25) is 0 Å². The maximum absolute atomic E-state index is 12.3. The Morgan fingerprint density at radius 1 is 1.24 bits per heavy atom. The first kappa shape index (κ1) is 15.4. The Labute approximate surface area is 132 Å². The van der Waals surface area contributed by atoms with Crippen LogP contribution in [0.4, 0.5) is 5.69 Å². The van der Waals surface area contributed by atoms with E-state index in [1.54, 1.807) is 19.2 Å². The molecule has 0 spiro atoms. The van der Waals surface area contributed by atoms with Gasteiger partial charge in [-0.1, -0.05) is 18.2 Å². The highest BCUT2D eigenvalue weighted by molar-refractivity contribution is 9.10. The Kier molecular flexibility index (Phi) is 5.22. The van der Waals surface area contributed by atoms with Gasteiger partial charge in [0.25, 0.3) is 5.91 Å². The van der Waals surface area contributed by atoms with Gasteiger partial charge in [-0.3, -0.25) is 4.79 Å². The molecule has 0 heterocycles. The largest absolute Gasteiger partial charge is 0.492 e. The van der Waals surface area contributed by atoms with Gasteiger partial charge >= 0.3 is 0 Å². The number of rotatable bonds is 5. The summed E-state index contributed by atoms with van der Waals surface area (Å²) in [6.07, 6.45) is 0. The number of ether oxygens (including phenoxy) is 2. The quantitative estimate of drug-likeness (QED) is 0.883. The molecular formula is C16H16BrNO3. The van der Waals surface area contributed by atoms with Crippen LogP contribution in [0, 0.1) is 0 Å². The number of nitrogens with one attached hydrogen (secondary N) is 1. The van der Waals surface area contributed by atoms with Gasteiger partial charge in [0.15, 0.2) is 11.5 Å². The summed E-state index contributed by atoms with van der Waals surface area (Å²) in [4.78, 5) is 12.3. The third-order valence-electron chi connectivity index (χ3n) is 2.81. The molecule has 0 saturated heterocycles. The fourth-order valence-electron chi connectivity index (χ4n) is 1.88. The lowest BCUT2D eigenvalue weighted by molar-refractivity contribution is 0.102. The predicted octanol–water partition coefficient (Wildman–Crippen LogP) is 4.11. The maximum Gasteiger partial charge on any atom is 0.255 e. The van der Waals surface area contributed by atoms with Crippen molar-refractivity contribution < 1.29 is 14.3 Å². The van der Waals surface area contributed by atoms with Gasteiger partial charge in [0.1, 0.15) is 0 Å². The molecule has 5 heteroatoms. The van der Waals surface area contributed by atoms with E-state index < -0.39 is 0 Å². The van der Waals surface area contributed by atoms with Gasteiger partial charge in [-0.2, -0.15) is 0 Å². The van der Waals surface area contributed by atoms with Gasteiger partial charge in [0.05, 0.1) is 18.2 Å². The number of carbonyl (C=O) groups is 1. The summed E-state index contributed by atoms with van der Waals surface area (Å²) in [7, 11) is 1.56. The van der Waals surface area contributed by atoms with Gasteiger partial charge in [-0.15, -0.1) is 0 Å². The fourth-order valence-corrected chi connectivity index (χ4v) is 2.49. The number of para-hydroxylation sites is 1. The van der Waals surface area contributed by atoms with Crippen LogP contribution < -0.4 is 14.8 Å². The summed E-state index contributed by atoms with van der Waals surface area (Å²) >= 11 is 3.40. The molecule has 0 aliphatic heterocycles. The molecule has 0 radical (unpaired) electrons. The van der Waals surface area contributed by atoms with Crippen LogP contribution in [0.3, 0.4) is 0 Å². The van der Waals surface area contributed by atoms with Crippen LogP contribution >= 0.6 is 15.9 Å². The first-order valence-corrected chi connectivity index (χ1v) is 7.31. The molecule has 0 fully saturated rings. The molecule has 0 bridgehead atoms. The molecule has 1 amide bonds. The highest BCUT2D eigenvalue weighted by atomic mass is 79.9. The van der Waals surface area contributed by atoms with Crippen molar-refractivity contribution in [2.24, 2.45) is 0 Å². The minimum atomic E-state index is -0.203. The molecule has 0 unspecified atom stereocenters. The molecule has 4 nitrogen and oxygen atoms in total. The molecule has 0 saturated carbocycles. The van der Waals surface area contributed by atoms with Crippen LogP contribution in [0.25, 0.3) is 0 Å². The molecule has 21 heavy (non-hydrogen) atoms. The number of benzene rings is 2. The number of amides is 1. The van der Waals surface area contributed by atoms with Crippen molar-refractivity contribution in [1.82, 2.24) is 0 Å². The van der Waals surface area contributed by atoms with E-state index in [0.29, 0.717) is 28.1 Å².